The van der Waals surface area contributed by atoms with Crippen LogP contribution in [-0.2, 0) is 27.6 Å². The first-order valence-corrected chi connectivity index (χ1v) is 3.96. The molecule has 2 aromatic rings. The van der Waals surface area contributed by atoms with Gasteiger partial charge in [0.05, 0.1) is 12.2 Å². The van der Waals surface area contributed by atoms with E-state index in [4.69, 9.17) is 0 Å². The van der Waals surface area contributed by atoms with Crippen molar-refractivity contribution in [3.05, 3.63) is 42.4 Å². The fourth-order valence-corrected chi connectivity index (χ4v) is 1.35. The van der Waals surface area contributed by atoms with Crippen LogP contribution in [0.15, 0.2) is 30.5 Å². The maximum atomic E-state index is 4.42. The van der Waals surface area contributed by atoms with Crippen LogP contribution in [0, 0.1) is 6.07 Å². The Morgan fingerprint density at radius 3 is 2.69 bits per heavy atom. The predicted molar refractivity (Wildman–Crippen MR) is 45.6 cm³/mol. The van der Waals surface area contributed by atoms with Crippen molar-refractivity contribution < 1.29 is 21.1 Å². The molecule has 1 aromatic carbocycles. The third kappa shape index (κ3) is 1.47. The molecule has 3 rings (SSSR count). The van der Waals surface area contributed by atoms with Gasteiger partial charge in [-0.25, -0.2) is 4.98 Å². The van der Waals surface area contributed by atoms with Gasteiger partial charge in [0.15, 0.2) is 0 Å². The largest absolute Gasteiger partial charge is 0.325 e. The van der Waals surface area contributed by atoms with Crippen LogP contribution in [-0.4, -0.2) is 9.55 Å². The second-order valence-corrected chi connectivity index (χ2v) is 2.96. The van der Waals surface area contributed by atoms with Crippen molar-refractivity contribution >= 4 is 0 Å². The molecule has 0 atom stereocenters. The summed E-state index contributed by atoms with van der Waals surface area (Å²) in [7, 11) is 0. The maximum Gasteiger partial charge on any atom is 0.129 e. The molecule has 2 nitrogen and oxygen atoms in total. The van der Waals surface area contributed by atoms with E-state index < -0.39 is 0 Å². The molecule has 0 spiro atoms. The van der Waals surface area contributed by atoms with E-state index in [0.29, 0.717) is 0 Å². The van der Waals surface area contributed by atoms with Crippen LogP contribution in [0.2, 0.25) is 0 Å². The van der Waals surface area contributed by atoms with E-state index >= 15 is 0 Å². The SMILES string of the molecule is [W].[c-]1ccc(-c2cn3c(n2)C3)cc1. The van der Waals surface area contributed by atoms with Gasteiger partial charge in [-0.1, -0.05) is 0 Å². The van der Waals surface area contributed by atoms with E-state index in [-0.39, 0.29) is 21.1 Å². The van der Waals surface area contributed by atoms with Gasteiger partial charge in [-0.15, -0.1) is 5.56 Å². The minimum atomic E-state index is 0. The second kappa shape index (κ2) is 3.11. The Morgan fingerprint density at radius 1 is 1.31 bits per heavy atom. The number of benzene rings is 1. The molecular weight excluding hydrogens is 332 g/mol. The Balaban J connectivity index is 0.000000653. The topological polar surface area (TPSA) is 17.8 Å². The smallest absolute Gasteiger partial charge is 0.129 e. The van der Waals surface area contributed by atoms with Crippen molar-refractivity contribution in [3.63, 3.8) is 0 Å². The summed E-state index contributed by atoms with van der Waals surface area (Å²) in [4.78, 5) is 4.42. The van der Waals surface area contributed by atoms with Gasteiger partial charge in [0, 0.05) is 27.3 Å². The fourth-order valence-electron chi connectivity index (χ4n) is 1.35. The molecule has 3 heteroatoms. The summed E-state index contributed by atoms with van der Waals surface area (Å²) >= 11 is 0. The van der Waals surface area contributed by atoms with Crippen molar-refractivity contribution in [2.24, 2.45) is 0 Å². The average Bonchev–Trinajstić information content (AvgIpc) is 2.75. The summed E-state index contributed by atoms with van der Waals surface area (Å²) in [6, 6.07) is 10.9. The molecule has 0 saturated heterocycles. The van der Waals surface area contributed by atoms with E-state index in [2.05, 4.69) is 21.8 Å². The summed E-state index contributed by atoms with van der Waals surface area (Å²) in [6.07, 6.45) is 2.09. The number of aromatic nitrogens is 2. The first-order valence-electron chi connectivity index (χ1n) is 3.96. The third-order valence-corrected chi connectivity index (χ3v) is 2.08. The number of fused-ring (bicyclic) bond motifs is 1. The van der Waals surface area contributed by atoms with Crippen LogP contribution in [0.25, 0.3) is 11.3 Å². The third-order valence-electron chi connectivity index (χ3n) is 2.08. The molecule has 0 fully saturated rings. The van der Waals surface area contributed by atoms with Crippen molar-refractivity contribution in [2.45, 2.75) is 6.54 Å². The second-order valence-electron chi connectivity index (χ2n) is 2.96. The Kier molecular flexibility index (Phi) is 2.09. The van der Waals surface area contributed by atoms with Crippen molar-refractivity contribution in [1.29, 1.82) is 0 Å². The molecule has 0 saturated carbocycles. The van der Waals surface area contributed by atoms with Gasteiger partial charge in [-0.2, -0.15) is 30.3 Å². The Morgan fingerprint density at radius 2 is 2.08 bits per heavy atom. The molecule has 1 aliphatic heterocycles. The van der Waals surface area contributed by atoms with E-state index in [0.717, 1.165) is 12.2 Å². The number of hydrogen-bond donors (Lipinski definition) is 0. The summed E-state index contributed by atoms with van der Waals surface area (Å²) < 4.78 is 2.14. The van der Waals surface area contributed by atoms with E-state index in [1.807, 2.05) is 24.3 Å². The van der Waals surface area contributed by atoms with Gasteiger partial charge in [-0.05, 0) is 0 Å². The molecule has 13 heavy (non-hydrogen) atoms. The van der Waals surface area contributed by atoms with Crippen LogP contribution in [0.1, 0.15) is 5.82 Å². The molecule has 0 radical (unpaired) electrons. The minimum Gasteiger partial charge on any atom is -0.325 e. The van der Waals surface area contributed by atoms with Gasteiger partial charge in [0.2, 0.25) is 0 Å². The zero-order chi connectivity index (χ0) is 7.97. The molecule has 64 valence electrons. The summed E-state index contributed by atoms with van der Waals surface area (Å²) in [5.41, 5.74) is 2.25. The van der Waals surface area contributed by atoms with E-state index in [9.17, 15) is 0 Å². The number of nitrogens with zero attached hydrogens (tertiary/aromatic N) is 2. The van der Waals surface area contributed by atoms with E-state index in [1.54, 1.807) is 0 Å². The van der Waals surface area contributed by atoms with Crippen LogP contribution >= 0.6 is 0 Å². The normalized spacial score (nSPS) is 11.7. The summed E-state index contributed by atoms with van der Waals surface area (Å²) in [5.74, 6) is 1.19. The van der Waals surface area contributed by atoms with E-state index in [1.165, 1.54) is 11.4 Å². The van der Waals surface area contributed by atoms with Crippen LogP contribution < -0.4 is 0 Å². The first kappa shape index (κ1) is 8.70. The average molecular weight is 339 g/mol. The zero-order valence-corrected chi connectivity index (χ0v) is 9.83. The van der Waals surface area contributed by atoms with Gasteiger partial charge in [-0.3, -0.25) is 0 Å². The standard InChI is InChI=1S/C10H7N2.W/c1-2-4-8(5-3-1)9-6-12-7-10(12)11-9;/h2-6H,7H2;/q-1;. The van der Waals surface area contributed by atoms with Gasteiger partial charge < -0.3 is 4.57 Å². The molecule has 0 N–H and O–H groups in total. The molecule has 0 aliphatic carbocycles. The van der Waals surface area contributed by atoms with Gasteiger partial charge >= 0.3 is 0 Å². The quantitative estimate of drug-likeness (QED) is 0.618. The monoisotopic (exact) mass is 339 g/mol. The van der Waals surface area contributed by atoms with Gasteiger partial charge in [0.1, 0.15) is 5.82 Å². The summed E-state index contributed by atoms with van der Waals surface area (Å²) in [6.45, 7) is 1.03. The molecule has 1 aromatic heterocycles. The molecule has 2 heterocycles. The Bertz CT molecular complexity index is 400. The fraction of sp³-hybridized carbons (Fsp3) is 0.100. The molecule has 0 bridgehead atoms. The van der Waals surface area contributed by atoms with Gasteiger partial charge in [0.25, 0.3) is 0 Å². The molecule has 0 unspecified atom stereocenters. The van der Waals surface area contributed by atoms with Crippen molar-refractivity contribution in [1.82, 2.24) is 9.55 Å². The Hall–Kier alpha value is -0.882. The van der Waals surface area contributed by atoms with Crippen LogP contribution in [0.5, 0.6) is 0 Å². The first-order chi connectivity index (χ1) is 5.93. The van der Waals surface area contributed by atoms with Crippen molar-refractivity contribution in [2.75, 3.05) is 0 Å². The Labute approximate surface area is 90.9 Å². The number of hydrogen-bond acceptors (Lipinski definition) is 1. The molecule has 1 aliphatic rings. The minimum absolute atomic E-state index is 0. The van der Waals surface area contributed by atoms with Crippen molar-refractivity contribution in [3.8, 4) is 11.3 Å². The van der Waals surface area contributed by atoms with Crippen LogP contribution in [0.3, 0.4) is 0 Å². The number of rotatable bonds is 1. The zero-order valence-electron chi connectivity index (χ0n) is 6.90. The number of imidazole rings is 1. The molecule has 0 amide bonds. The molecular formula is C10H7N2W-. The summed E-state index contributed by atoms with van der Waals surface area (Å²) in [5, 5.41) is 0. The van der Waals surface area contributed by atoms with Crippen LogP contribution in [0.4, 0.5) is 0 Å². The predicted octanol–water partition coefficient (Wildman–Crippen LogP) is 1.71. The maximum absolute atomic E-state index is 4.42.